The second-order valence-electron chi connectivity index (χ2n) is 9.70. The molecular formula is C26H30FN5O4. The number of aromatic amines is 1. The number of benzene rings is 1. The Kier molecular flexibility index (Phi) is 6.61. The van der Waals surface area contributed by atoms with Crippen LogP contribution in [0.4, 0.5) is 4.39 Å². The molecule has 0 radical (unpaired) electrons. The lowest BCUT2D eigenvalue weighted by Gasteiger charge is -2.20. The number of likely N-dealkylation sites (tertiary alicyclic amines) is 1. The van der Waals surface area contributed by atoms with E-state index in [1.807, 2.05) is 6.92 Å². The summed E-state index contributed by atoms with van der Waals surface area (Å²) in [4.78, 5) is 39.4. The Morgan fingerprint density at radius 3 is 2.83 bits per heavy atom. The molecule has 0 bridgehead atoms. The maximum atomic E-state index is 14.2. The van der Waals surface area contributed by atoms with E-state index in [2.05, 4.69) is 20.3 Å². The molecule has 2 aromatic heterocycles. The second kappa shape index (κ2) is 9.85. The van der Waals surface area contributed by atoms with E-state index >= 15 is 0 Å². The van der Waals surface area contributed by atoms with Crippen LogP contribution >= 0.6 is 0 Å². The first kappa shape index (κ1) is 24.2. The van der Waals surface area contributed by atoms with E-state index in [4.69, 9.17) is 9.47 Å². The number of aryl methyl sites for hydroxylation is 1. The molecule has 5 rings (SSSR count). The summed E-state index contributed by atoms with van der Waals surface area (Å²) in [7, 11) is 1.49. The fourth-order valence-electron chi connectivity index (χ4n) is 4.86. The quantitative estimate of drug-likeness (QED) is 0.497. The van der Waals surface area contributed by atoms with Crippen molar-refractivity contribution in [3.63, 3.8) is 0 Å². The van der Waals surface area contributed by atoms with Gasteiger partial charge < -0.3 is 24.7 Å². The molecule has 1 aromatic carbocycles. The van der Waals surface area contributed by atoms with E-state index in [-0.39, 0.29) is 30.5 Å². The molecule has 1 aliphatic heterocycles. The molecule has 2 fully saturated rings. The Bertz CT molecular complexity index is 1300. The maximum Gasteiger partial charge on any atom is 0.255 e. The largest absolute Gasteiger partial charge is 0.493 e. The van der Waals surface area contributed by atoms with Crippen molar-refractivity contribution in [2.45, 2.75) is 45.2 Å². The van der Waals surface area contributed by atoms with Gasteiger partial charge in [0.25, 0.3) is 5.91 Å². The number of rotatable bonds is 8. The van der Waals surface area contributed by atoms with Crippen LogP contribution in [0.15, 0.2) is 24.5 Å². The molecule has 2 atom stereocenters. The third kappa shape index (κ3) is 4.77. The Morgan fingerprint density at radius 2 is 2.08 bits per heavy atom. The summed E-state index contributed by atoms with van der Waals surface area (Å²) in [6, 6.07) is 4.18. The number of carbonyl (C=O) groups excluding carboxylic acids is 2. The van der Waals surface area contributed by atoms with Gasteiger partial charge in [-0.2, -0.15) is 0 Å². The summed E-state index contributed by atoms with van der Waals surface area (Å²) in [6.45, 7) is 4.76. The number of hydrogen-bond acceptors (Lipinski definition) is 6. The number of carbonyl (C=O) groups is 2. The van der Waals surface area contributed by atoms with E-state index in [0.29, 0.717) is 64.8 Å². The molecule has 3 heterocycles. The van der Waals surface area contributed by atoms with Gasteiger partial charge in [-0.15, -0.1) is 0 Å². The normalized spacial score (nSPS) is 19.6. The zero-order valence-electron chi connectivity index (χ0n) is 20.6. The number of halogens is 1. The third-order valence-corrected chi connectivity index (χ3v) is 6.86. The van der Waals surface area contributed by atoms with Crippen molar-refractivity contribution in [3.8, 4) is 17.0 Å². The van der Waals surface area contributed by atoms with Crippen LogP contribution in [0.2, 0.25) is 0 Å². The molecule has 2 amide bonds. The van der Waals surface area contributed by atoms with Crippen LogP contribution in [0.5, 0.6) is 5.75 Å². The number of hydrogen-bond donors (Lipinski definition) is 2. The Labute approximate surface area is 208 Å². The molecule has 190 valence electrons. The summed E-state index contributed by atoms with van der Waals surface area (Å²) in [5.74, 6) is 0.292. The molecule has 2 aliphatic rings. The Balaban J connectivity index is 1.42. The van der Waals surface area contributed by atoms with Gasteiger partial charge in [0.1, 0.15) is 35.7 Å². The number of nitrogens with one attached hydrogen (secondary N) is 2. The minimum Gasteiger partial charge on any atom is -0.493 e. The van der Waals surface area contributed by atoms with Gasteiger partial charge >= 0.3 is 0 Å². The summed E-state index contributed by atoms with van der Waals surface area (Å²) in [5.41, 5.74) is 3.00. The van der Waals surface area contributed by atoms with E-state index in [0.717, 1.165) is 12.8 Å². The van der Waals surface area contributed by atoms with Gasteiger partial charge in [-0.3, -0.25) is 9.59 Å². The van der Waals surface area contributed by atoms with Gasteiger partial charge in [0.05, 0.1) is 17.7 Å². The number of ether oxygens (including phenoxy) is 2. The molecule has 0 spiro atoms. The van der Waals surface area contributed by atoms with Gasteiger partial charge in [-0.25, -0.2) is 14.4 Å². The Morgan fingerprint density at radius 1 is 1.28 bits per heavy atom. The lowest BCUT2D eigenvalue weighted by Crippen LogP contribution is -2.40. The third-order valence-electron chi connectivity index (χ3n) is 6.86. The van der Waals surface area contributed by atoms with Crippen molar-refractivity contribution >= 4 is 22.8 Å². The van der Waals surface area contributed by atoms with E-state index in [1.165, 1.54) is 25.6 Å². The predicted molar refractivity (Wildman–Crippen MR) is 131 cm³/mol. The molecule has 36 heavy (non-hydrogen) atoms. The molecule has 2 N–H and O–H groups in total. The predicted octanol–water partition coefficient (Wildman–Crippen LogP) is 3.23. The minimum absolute atomic E-state index is 0.00187. The molecule has 10 heteroatoms. The molecule has 0 unspecified atom stereocenters. The SMILES string of the molecule is COCC(=O)N1C[C@@H](NC(=O)c2c(C)[nH]c3c(-c4cc(F)ccc4OCC4CC4)ncnc23)C[C@H]1C. The fraction of sp³-hybridized carbons (Fsp3) is 0.462. The molecule has 9 nitrogen and oxygen atoms in total. The average molecular weight is 496 g/mol. The van der Waals surface area contributed by atoms with Gasteiger partial charge in [0.2, 0.25) is 5.91 Å². The number of amides is 2. The molecular weight excluding hydrogens is 465 g/mol. The van der Waals surface area contributed by atoms with Crippen molar-refractivity contribution in [2.75, 3.05) is 26.9 Å². The van der Waals surface area contributed by atoms with Crippen molar-refractivity contribution in [3.05, 3.63) is 41.6 Å². The van der Waals surface area contributed by atoms with Crippen molar-refractivity contribution in [2.24, 2.45) is 5.92 Å². The average Bonchev–Trinajstić information content (AvgIpc) is 3.51. The first-order valence-electron chi connectivity index (χ1n) is 12.2. The highest BCUT2D eigenvalue weighted by molar-refractivity contribution is 6.09. The number of aromatic nitrogens is 3. The number of H-pyrrole nitrogens is 1. The first-order valence-corrected chi connectivity index (χ1v) is 12.2. The summed E-state index contributed by atoms with van der Waals surface area (Å²) < 4.78 is 25.2. The van der Waals surface area contributed by atoms with Crippen LogP contribution in [-0.2, 0) is 9.53 Å². The van der Waals surface area contributed by atoms with E-state index < -0.39 is 5.82 Å². The highest BCUT2D eigenvalue weighted by Gasteiger charge is 2.34. The standard InChI is InChI=1S/C26H30FN5O4/c1-14-8-18(10-32(14)21(33)12-35-3)31-26(34)22-15(2)30-25-23(28-13-29-24(22)25)19-9-17(27)6-7-20(19)36-11-16-4-5-16/h6-7,9,13-14,16,18,30H,4-5,8,10-12H2,1-3H3,(H,31,34)/t14-,18+/m1/s1. The second-order valence-corrected chi connectivity index (χ2v) is 9.70. The molecule has 1 aliphatic carbocycles. The summed E-state index contributed by atoms with van der Waals surface area (Å²) in [6.07, 6.45) is 4.30. The fourth-order valence-corrected chi connectivity index (χ4v) is 4.86. The van der Waals surface area contributed by atoms with Crippen LogP contribution in [0, 0.1) is 18.7 Å². The summed E-state index contributed by atoms with van der Waals surface area (Å²) in [5, 5.41) is 3.05. The topological polar surface area (TPSA) is 109 Å². The number of methoxy groups -OCH3 is 1. The van der Waals surface area contributed by atoms with Crippen LogP contribution < -0.4 is 10.1 Å². The van der Waals surface area contributed by atoms with Gasteiger partial charge in [-0.1, -0.05) is 0 Å². The Hall–Kier alpha value is -3.53. The zero-order valence-corrected chi connectivity index (χ0v) is 20.6. The molecule has 3 aromatic rings. The lowest BCUT2D eigenvalue weighted by atomic mass is 10.1. The number of nitrogens with zero attached hydrogens (tertiary/aromatic N) is 3. The monoisotopic (exact) mass is 495 g/mol. The van der Waals surface area contributed by atoms with Gasteiger partial charge in [0.15, 0.2) is 0 Å². The van der Waals surface area contributed by atoms with Crippen molar-refractivity contribution in [1.29, 1.82) is 0 Å². The highest BCUT2D eigenvalue weighted by atomic mass is 19.1. The van der Waals surface area contributed by atoms with E-state index in [9.17, 15) is 14.0 Å². The van der Waals surface area contributed by atoms with Crippen LogP contribution in [0.25, 0.3) is 22.3 Å². The smallest absolute Gasteiger partial charge is 0.255 e. The van der Waals surface area contributed by atoms with E-state index in [1.54, 1.807) is 17.9 Å². The van der Waals surface area contributed by atoms with Crippen LogP contribution in [0.3, 0.4) is 0 Å². The maximum absolute atomic E-state index is 14.2. The van der Waals surface area contributed by atoms with Gasteiger partial charge in [0, 0.05) is 37.0 Å². The molecule has 1 saturated heterocycles. The number of fused-ring (bicyclic) bond motifs is 1. The van der Waals surface area contributed by atoms with Crippen molar-refractivity contribution in [1.82, 2.24) is 25.2 Å². The molecule has 1 saturated carbocycles. The lowest BCUT2D eigenvalue weighted by molar-refractivity contribution is -0.135. The highest BCUT2D eigenvalue weighted by Crippen LogP contribution is 2.36. The van der Waals surface area contributed by atoms with Crippen LogP contribution in [0.1, 0.15) is 42.2 Å². The first-order chi connectivity index (χ1) is 17.4. The van der Waals surface area contributed by atoms with Gasteiger partial charge in [-0.05, 0) is 57.2 Å². The minimum atomic E-state index is -0.403. The van der Waals surface area contributed by atoms with Crippen LogP contribution in [-0.4, -0.2) is 70.6 Å². The van der Waals surface area contributed by atoms with Crippen molar-refractivity contribution < 1.29 is 23.5 Å². The summed E-state index contributed by atoms with van der Waals surface area (Å²) >= 11 is 0. The zero-order chi connectivity index (χ0) is 25.4.